The van der Waals surface area contributed by atoms with Crippen molar-refractivity contribution < 1.29 is 44.4 Å². The van der Waals surface area contributed by atoms with Crippen molar-refractivity contribution in [1.29, 1.82) is 0 Å². The van der Waals surface area contributed by atoms with E-state index in [2.05, 4.69) is 22.9 Å². The van der Waals surface area contributed by atoms with Gasteiger partial charge in [-0.25, -0.2) is 4.79 Å². The molecule has 2 aromatic carbocycles. The predicted octanol–water partition coefficient (Wildman–Crippen LogP) is 3.11. The van der Waals surface area contributed by atoms with E-state index in [4.69, 9.17) is 0 Å². The Hall–Kier alpha value is -4.69. The molecule has 3 rings (SSSR count). The highest BCUT2D eigenvalue weighted by molar-refractivity contribution is 5.96. The summed E-state index contributed by atoms with van der Waals surface area (Å²) in [5, 5.41) is 48.8. The Balaban J connectivity index is 1.83. The van der Waals surface area contributed by atoms with Crippen molar-refractivity contribution in [3.63, 3.8) is 0 Å². The van der Waals surface area contributed by atoms with Crippen LogP contribution in [0.5, 0.6) is 11.5 Å². The Labute approximate surface area is 324 Å². The van der Waals surface area contributed by atoms with Crippen molar-refractivity contribution in [2.45, 2.75) is 128 Å². The average molecular weight is 768 g/mol. The topological polar surface area (TPSA) is 209 Å². The number of rotatable bonds is 22. The van der Waals surface area contributed by atoms with Gasteiger partial charge in [0.2, 0.25) is 17.7 Å². The molecule has 1 heterocycles. The monoisotopic (exact) mass is 767 g/mol. The third-order valence-electron chi connectivity index (χ3n) is 10.7. The number of carboxylic acids is 1. The minimum absolute atomic E-state index is 0.0108. The maximum Gasteiger partial charge on any atom is 0.326 e. The number of likely N-dealkylation sites (N-methyl/N-ethyl adjacent to an activating group) is 2. The van der Waals surface area contributed by atoms with E-state index in [1.807, 2.05) is 13.8 Å². The average Bonchev–Trinajstić information content (AvgIpc) is 3.67. The van der Waals surface area contributed by atoms with Crippen molar-refractivity contribution >= 4 is 29.6 Å². The maximum atomic E-state index is 14.4. The Morgan fingerprint density at radius 2 is 1.42 bits per heavy atom. The summed E-state index contributed by atoms with van der Waals surface area (Å²) in [7, 11) is 3.16. The first-order valence-corrected chi connectivity index (χ1v) is 19.5. The molecule has 1 fully saturated rings. The van der Waals surface area contributed by atoms with Crippen LogP contribution >= 0.6 is 0 Å². The van der Waals surface area contributed by atoms with Gasteiger partial charge in [-0.1, -0.05) is 83.6 Å². The first-order chi connectivity index (χ1) is 26.2. The van der Waals surface area contributed by atoms with Crippen LogP contribution in [0.2, 0.25) is 0 Å². The maximum absolute atomic E-state index is 14.4. The highest BCUT2D eigenvalue weighted by Crippen LogP contribution is 2.25. The molecule has 1 aliphatic heterocycles. The van der Waals surface area contributed by atoms with Crippen LogP contribution in [0.15, 0.2) is 48.5 Å². The number of carboxylic acid groups (broad SMARTS) is 1. The minimum Gasteiger partial charge on any atom is -0.508 e. The number of phenols is 2. The van der Waals surface area contributed by atoms with Gasteiger partial charge in [-0.3, -0.25) is 19.2 Å². The third-order valence-corrected chi connectivity index (χ3v) is 10.7. The summed E-state index contributed by atoms with van der Waals surface area (Å²) in [6.07, 6.45) is 5.44. The van der Waals surface area contributed by atoms with Gasteiger partial charge in [0.25, 0.3) is 5.91 Å². The van der Waals surface area contributed by atoms with Gasteiger partial charge < -0.3 is 46.2 Å². The summed E-state index contributed by atoms with van der Waals surface area (Å²) in [6, 6.07) is 7.17. The van der Waals surface area contributed by atoms with Crippen molar-refractivity contribution in [2.75, 3.05) is 20.6 Å². The normalized spacial score (nSPS) is 17.3. The molecule has 7 unspecified atom stereocenters. The lowest BCUT2D eigenvalue weighted by Gasteiger charge is -2.38. The Morgan fingerprint density at radius 1 is 0.855 bits per heavy atom. The van der Waals surface area contributed by atoms with E-state index in [9.17, 15) is 44.4 Å². The van der Waals surface area contributed by atoms with Gasteiger partial charge in [0.05, 0.1) is 0 Å². The standard InChI is InChI=1S/C41H61N5O9/c1-6-8-9-10-11-13-31(42-4)36(49)38(51)43-32(24-27-15-19-29(47)20-16-27)39(52)45(5)35(26(3)7-2)40(53)46-23-12-14-34(46)37(50)44-33(41(54)55)25-28-17-21-30(48)22-18-28/h15-22,26,31-36,42,47-49H,6-14,23-25H2,1-5H3,(H,43,51)(H,44,50)(H,54,55). The van der Waals surface area contributed by atoms with E-state index in [1.165, 1.54) is 41.1 Å². The fourth-order valence-corrected chi connectivity index (χ4v) is 7.14. The molecule has 7 N–H and O–H groups in total. The molecule has 1 saturated heterocycles. The SMILES string of the molecule is CCCCCCCC(NC)C(O)C(=O)NC(Cc1ccc(O)cc1)C(=O)N(C)C(C(=O)N1CCCC1C(=O)NC(Cc1ccc(O)cc1)C(=O)O)C(C)CC. The van der Waals surface area contributed by atoms with E-state index >= 15 is 0 Å². The molecule has 4 amide bonds. The van der Waals surface area contributed by atoms with E-state index < -0.39 is 65.9 Å². The number of benzene rings is 2. The van der Waals surface area contributed by atoms with Crippen molar-refractivity contribution in [3.8, 4) is 11.5 Å². The second kappa shape index (κ2) is 22.0. The molecule has 0 radical (unpaired) electrons. The summed E-state index contributed by atoms with van der Waals surface area (Å²) < 4.78 is 0. The molecular weight excluding hydrogens is 706 g/mol. The van der Waals surface area contributed by atoms with Crippen LogP contribution in [-0.4, -0.2) is 117 Å². The van der Waals surface area contributed by atoms with E-state index in [1.54, 1.807) is 31.3 Å². The molecule has 14 nitrogen and oxygen atoms in total. The molecule has 0 spiro atoms. The minimum atomic E-state index is -1.45. The van der Waals surface area contributed by atoms with Crippen LogP contribution in [0.25, 0.3) is 0 Å². The van der Waals surface area contributed by atoms with Crippen molar-refractivity contribution in [3.05, 3.63) is 59.7 Å². The second-order valence-electron chi connectivity index (χ2n) is 14.7. The zero-order chi connectivity index (χ0) is 40.7. The molecular formula is C41H61N5O9. The molecule has 55 heavy (non-hydrogen) atoms. The molecule has 0 aromatic heterocycles. The summed E-state index contributed by atoms with van der Waals surface area (Å²) in [4.78, 5) is 70.9. The number of nitrogens with one attached hydrogen (secondary N) is 3. The first-order valence-electron chi connectivity index (χ1n) is 19.5. The molecule has 0 aliphatic carbocycles. The first kappa shape index (κ1) is 44.7. The van der Waals surface area contributed by atoms with Crippen LogP contribution in [0.4, 0.5) is 0 Å². The number of likely N-dealkylation sites (tertiary alicyclic amines) is 1. The number of amides is 4. The van der Waals surface area contributed by atoms with Gasteiger partial charge in [0, 0.05) is 32.5 Å². The number of nitrogens with zero attached hydrogens (tertiary/aromatic N) is 2. The smallest absolute Gasteiger partial charge is 0.326 e. The lowest BCUT2D eigenvalue weighted by Crippen LogP contribution is -2.60. The zero-order valence-electron chi connectivity index (χ0n) is 32.9. The third kappa shape index (κ3) is 13.0. The lowest BCUT2D eigenvalue weighted by molar-refractivity contribution is -0.151. The van der Waals surface area contributed by atoms with Gasteiger partial charge in [0.1, 0.15) is 41.8 Å². The molecule has 14 heteroatoms. The largest absolute Gasteiger partial charge is 0.508 e. The summed E-state index contributed by atoms with van der Waals surface area (Å²) in [5.41, 5.74) is 1.22. The van der Waals surface area contributed by atoms with Crippen LogP contribution in [0, 0.1) is 5.92 Å². The number of phenolic OH excluding ortho intramolecular Hbond substituents is 2. The van der Waals surface area contributed by atoms with Gasteiger partial charge in [-0.05, 0) is 67.6 Å². The Bertz CT molecular complexity index is 1550. The second-order valence-corrected chi connectivity index (χ2v) is 14.7. The number of carbonyl (C=O) groups excluding carboxylic acids is 4. The van der Waals surface area contributed by atoms with Gasteiger partial charge in [0.15, 0.2) is 0 Å². The number of hydrogen-bond acceptors (Lipinski definition) is 9. The molecule has 304 valence electrons. The predicted molar refractivity (Wildman–Crippen MR) is 208 cm³/mol. The van der Waals surface area contributed by atoms with Crippen LogP contribution in [0.3, 0.4) is 0 Å². The quantitative estimate of drug-likeness (QED) is 0.0872. The molecule has 0 bridgehead atoms. The highest BCUT2D eigenvalue weighted by Gasteiger charge is 2.43. The number of unbranched alkanes of at least 4 members (excludes halogenated alkanes) is 4. The Kier molecular flexibility index (Phi) is 17.9. The van der Waals surface area contributed by atoms with E-state index in [-0.39, 0.29) is 36.8 Å². The van der Waals surface area contributed by atoms with Gasteiger partial charge >= 0.3 is 5.97 Å². The fraction of sp³-hybridized carbons (Fsp3) is 0.585. The summed E-state index contributed by atoms with van der Waals surface area (Å²) >= 11 is 0. The van der Waals surface area contributed by atoms with Crippen LogP contribution in [-0.2, 0) is 36.8 Å². The lowest BCUT2D eigenvalue weighted by atomic mass is 9.94. The van der Waals surface area contributed by atoms with Crippen LogP contribution in [0.1, 0.15) is 89.7 Å². The van der Waals surface area contributed by atoms with E-state index in [0.29, 0.717) is 36.8 Å². The highest BCUT2D eigenvalue weighted by atomic mass is 16.4. The molecule has 2 aromatic rings. The Morgan fingerprint density at radius 3 is 1.95 bits per heavy atom. The number of aliphatic carboxylic acids is 1. The fourth-order valence-electron chi connectivity index (χ4n) is 7.14. The van der Waals surface area contributed by atoms with Crippen molar-refractivity contribution in [2.24, 2.45) is 5.92 Å². The van der Waals surface area contributed by atoms with Gasteiger partial charge in [-0.15, -0.1) is 0 Å². The number of hydrogen-bond donors (Lipinski definition) is 7. The summed E-state index contributed by atoms with van der Waals surface area (Å²) in [6.45, 7) is 6.06. The number of aromatic hydroxyl groups is 2. The molecule has 7 atom stereocenters. The number of aliphatic hydroxyl groups is 1. The number of carbonyl (C=O) groups is 5. The summed E-state index contributed by atoms with van der Waals surface area (Å²) in [5.74, 6) is -3.97. The van der Waals surface area contributed by atoms with E-state index in [0.717, 1.165) is 32.1 Å². The number of aliphatic hydroxyl groups excluding tert-OH is 1. The zero-order valence-corrected chi connectivity index (χ0v) is 32.9. The van der Waals surface area contributed by atoms with Crippen molar-refractivity contribution in [1.82, 2.24) is 25.8 Å². The molecule has 1 aliphatic rings. The molecule has 0 saturated carbocycles. The van der Waals surface area contributed by atoms with Crippen LogP contribution < -0.4 is 16.0 Å². The van der Waals surface area contributed by atoms with Gasteiger partial charge in [-0.2, -0.15) is 0 Å².